The van der Waals surface area contributed by atoms with Gasteiger partial charge in [0.15, 0.2) is 0 Å². The Morgan fingerprint density at radius 1 is 1.29 bits per heavy atom. The average Bonchev–Trinajstić information content (AvgIpc) is 3.27. The minimum absolute atomic E-state index is 0.0981. The molecule has 0 N–H and O–H groups in total. The molecule has 4 rings (SSSR count). The van der Waals surface area contributed by atoms with Gasteiger partial charge in [-0.05, 0) is 44.2 Å². The lowest BCUT2D eigenvalue weighted by Crippen LogP contribution is -2.43. The highest BCUT2D eigenvalue weighted by Crippen LogP contribution is 2.24. The Morgan fingerprint density at radius 3 is 2.75 bits per heavy atom. The Bertz CT molecular complexity index is 1100. The summed E-state index contributed by atoms with van der Waals surface area (Å²) in [6.07, 6.45) is 1.17. The maximum Gasteiger partial charge on any atom is 0.309 e. The number of esters is 1. The standard InChI is InChI=1S/C19H22N4O4S/c1-3-27-19(26)13-4-7-21(8-5-13)17(24)11-22-18(25)15-10-16-14(6-9-28-16)23(15)12(2)20-22/h6,9-10,13H,3-5,7-8,11H2,1-2H3. The maximum absolute atomic E-state index is 12.8. The number of amides is 1. The van der Waals surface area contributed by atoms with Gasteiger partial charge in [0.1, 0.15) is 17.9 Å². The topological polar surface area (TPSA) is 85.9 Å². The fourth-order valence-electron chi connectivity index (χ4n) is 3.79. The van der Waals surface area contributed by atoms with Crippen LogP contribution in [-0.2, 0) is 20.9 Å². The van der Waals surface area contributed by atoms with Crippen LogP contribution in [-0.4, -0.2) is 50.7 Å². The fourth-order valence-corrected chi connectivity index (χ4v) is 4.59. The number of fused-ring (bicyclic) bond motifs is 3. The van der Waals surface area contributed by atoms with Gasteiger partial charge in [0.25, 0.3) is 5.56 Å². The van der Waals surface area contributed by atoms with Crippen LogP contribution in [0.25, 0.3) is 15.7 Å². The molecule has 1 amide bonds. The number of carbonyl (C=O) groups is 2. The van der Waals surface area contributed by atoms with E-state index in [1.54, 1.807) is 23.2 Å². The van der Waals surface area contributed by atoms with E-state index in [0.29, 0.717) is 43.9 Å². The van der Waals surface area contributed by atoms with Crippen molar-refractivity contribution in [2.45, 2.75) is 33.2 Å². The monoisotopic (exact) mass is 402 g/mol. The van der Waals surface area contributed by atoms with Crippen LogP contribution in [0.5, 0.6) is 0 Å². The van der Waals surface area contributed by atoms with Gasteiger partial charge in [-0.2, -0.15) is 5.10 Å². The summed E-state index contributed by atoms with van der Waals surface area (Å²) in [7, 11) is 0. The highest BCUT2D eigenvalue weighted by molar-refractivity contribution is 7.17. The number of carbonyl (C=O) groups excluding carboxylic acids is 2. The molecule has 0 aromatic carbocycles. The lowest BCUT2D eigenvalue weighted by atomic mass is 9.97. The highest BCUT2D eigenvalue weighted by Gasteiger charge is 2.28. The van der Waals surface area contributed by atoms with Crippen LogP contribution in [0.15, 0.2) is 22.3 Å². The molecule has 0 unspecified atom stereocenters. The molecule has 0 saturated carbocycles. The predicted octanol–water partition coefficient (Wildman–Crippen LogP) is 1.82. The quantitative estimate of drug-likeness (QED) is 0.622. The summed E-state index contributed by atoms with van der Waals surface area (Å²) < 4.78 is 9.16. The third-order valence-electron chi connectivity index (χ3n) is 5.22. The van der Waals surface area contributed by atoms with Gasteiger partial charge in [-0.15, -0.1) is 11.3 Å². The molecule has 148 valence electrons. The number of hydrogen-bond donors (Lipinski definition) is 0. The van der Waals surface area contributed by atoms with Crippen LogP contribution in [0.3, 0.4) is 0 Å². The summed E-state index contributed by atoms with van der Waals surface area (Å²) >= 11 is 1.57. The Labute approximate surface area is 165 Å². The Morgan fingerprint density at radius 2 is 2.04 bits per heavy atom. The van der Waals surface area contributed by atoms with E-state index in [4.69, 9.17) is 4.74 Å². The van der Waals surface area contributed by atoms with Gasteiger partial charge in [-0.25, -0.2) is 4.68 Å². The van der Waals surface area contributed by atoms with E-state index in [1.807, 2.05) is 28.8 Å². The van der Waals surface area contributed by atoms with Gasteiger partial charge in [0, 0.05) is 13.1 Å². The molecule has 1 aliphatic rings. The lowest BCUT2D eigenvalue weighted by Gasteiger charge is -2.30. The van der Waals surface area contributed by atoms with E-state index in [-0.39, 0.29) is 29.9 Å². The van der Waals surface area contributed by atoms with E-state index < -0.39 is 0 Å². The molecule has 8 nitrogen and oxygen atoms in total. The summed E-state index contributed by atoms with van der Waals surface area (Å²) in [6, 6.07) is 3.81. The van der Waals surface area contributed by atoms with Gasteiger partial charge in [0.05, 0.1) is 22.7 Å². The number of aryl methyl sites for hydroxylation is 1. The Hall–Kier alpha value is -2.68. The summed E-state index contributed by atoms with van der Waals surface area (Å²) in [6.45, 7) is 4.85. The molecule has 0 bridgehead atoms. The lowest BCUT2D eigenvalue weighted by molar-refractivity contribution is -0.151. The van der Waals surface area contributed by atoms with E-state index in [2.05, 4.69) is 5.10 Å². The van der Waals surface area contributed by atoms with E-state index >= 15 is 0 Å². The number of aromatic nitrogens is 3. The first-order valence-electron chi connectivity index (χ1n) is 9.40. The average molecular weight is 402 g/mol. The molecule has 3 aromatic heterocycles. The molecule has 9 heteroatoms. The molecule has 0 radical (unpaired) electrons. The first-order valence-corrected chi connectivity index (χ1v) is 10.3. The first-order chi connectivity index (χ1) is 13.5. The van der Waals surface area contributed by atoms with Gasteiger partial charge < -0.3 is 9.64 Å². The Balaban J connectivity index is 1.51. The van der Waals surface area contributed by atoms with Crippen LogP contribution in [0.2, 0.25) is 0 Å². The third kappa shape index (κ3) is 3.19. The summed E-state index contributed by atoms with van der Waals surface area (Å²) in [5.74, 6) is 0.157. The minimum atomic E-state index is -0.274. The maximum atomic E-state index is 12.8. The number of hydrogen-bond acceptors (Lipinski definition) is 6. The van der Waals surface area contributed by atoms with Crippen molar-refractivity contribution in [2.24, 2.45) is 5.92 Å². The third-order valence-corrected chi connectivity index (χ3v) is 6.07. The molecule has 4 heterocycles. The van der Waals surface area contributed by atoms with Crippen molar-refractivity contribution in [3.05, 3.63) is 33.7 Å². The summed E-state index contributed by atoms with van der Waals surface area (Å²) in [5.41, 5.74) is 1.22. The highest BCUT2D eigenvalue weighted by atomic mass is 32.1. The van der Waals surface area contributed by atoms with Crippen LogP contribution in [0.1, 0.15) is 25.6 Å². The predicted molar refractivity (Wildman–Crippen MR) is 106 cm³/mol. The van der Waals surface area contributed by atoms with Crippen molar-refractivity contribution >= 4 is 38.9 Å². The molecule has 3 aromatic rings. The fraction of sp³-hybridized carbons (Fsp3) is 0.474. The van der Waals surface area contributed by atoms with E-state index in [0.717, 1.165) is 10.2 Å². The molecule has 0 aliphatic carbocycles. The van der Waals surface area contributed by atoms with Crippen molar-refractivity contribution in [3.63, 3.8) is 0 Å². The van der Waals surface area contributed by atoms with E-state index in [9.17, 15) is 14.4 Å². The summed E-state index contributed by atoms with van der Waals surface area (Å²) in [4.78, 5) is 39.1. The molecule has 1 fully saturated rings. The molecular weight excluding hydrogens is 380 g/mol. The minimum Gasteiger partial charge on any atom is -0.466 e. The smallest absolute Gasteiger partial charge is 0.309 e. The second-order valence-electron chi connectivity index (χ2n) is 6.95. The molecular formula is C19H22N4O4S. The van der Waals surface area contributed by atoms with Gasteiger partial charge >= 0.3 is 5.97 Å². The zero-order chi connectivity index (χ0) is 19.8. The number of thiophene rings is 1. The normalized spacial score (nSPS) is 15.4. The molecule has 1 saturated heterocycles. The Kier molecular flexibility index (Phi) is 4.92. The van der Waals surface area contributed by atoms with Crippen molar-refractivity contribution in [1.82, 2.24) is 19.1 Å². The molecule has 0 atom stereocenters. The van der Waals surface area contributed by atoms with Crippen molar-refractivity contribution in [1.29, 1.82) is 0 Å². The van der Waals surface area contributed by atoms with Gasteiger partial charge in [0.2, 0.25) is 5.91 Å². The SMILES string of the molecule is CCOC(=O)C1CCN(C(=O)Cn2nc(C)n3c(cc4sccc43)c2=O)CC1. The first kappa shape index (κ1) is 18.7. The van der Waals surface area contributed by atoms with Crippen LogP contribution in [0, 0.1) is 12.8 Å². The number of piperidine rings is 1. The number of likely N-dealkylation sites (tertiary alicyclic amines) is 1. The van der Waals surface area contributed by atoms with Crippen molar-refractivity contribution in [3.8, 4) is 0 Å². The van der Waals surface area contributed by atoms with Gasteiger partial charge in [-0.3, -0.25) is 18.8 Å². The van der Waals surface area contributed by atoms with Crippen molar-refractivity contribution in [2.75, 3.05) is 19.7 Å². The van der Waals surface area contributed by atoms with Crippen molar-refractivity contribution < 1.29 is 14.3 Å². The molecule has 28 heavy (non-hydrogen) atoms. The van der Waals surface area contributed by atoms with Crippen LogP contribution in [0.4, 0.5) is 0 Å². The van der Waals surface area contributed by atoms with Gasteiger partial charge in [-0.1, -0.05) is 0 Å². The zero-order valence-electron chi connectivity index (χ0n) is 15.9. The molecule has 1 aliphatic heterocycles. The summed E-state index contributed by atoms with van der Waals surface area (Å²) in [5, 5.41) is 6.33. The van der Waals surface area contributed by atoms with E-state index in [1.165, 1.54) is 4.68 Å². The second kappa shape index (κ2) is 7.38. The number of ether oxygens (including phenoxy) is 1. The second-order valence-corrected chi connectivity index (χ2v) is 7.90. The van der Waals surface area contributed by atoms with Crippen LogP contribution < -0.4 is 5.56 Å². The number of nitrogens with zero attached hydrogens (tertiary/aromatic N) is 4. The molecule has 0 spiro atoms. The zero-order valence-corrected chi connectivity index (χ0v) is 16.7. The largest absolute Gasteiger partial charge is 0.466 e. The number of rotatable bonds is 4. The van der Waals surface area contributed by atoms with Crippen LogP contribution >= 0.6 is 11.3 Å².